The van der Waals surface area contributed by atoms with Gasteiger partial charge in [-0.05, 0) is 55.6 Å². The van der Waals surface area contributed by atoms with Crippen LogP contribution in [0, 0.1) is 0 Å². The molecule has 0 aromatic heterocycles. The zero-order valence-corrected chi connectivity index (χ0v) is 20.0. The highest BCUT2D eigenvalue weighted by Crippen LogP contribution is 2.45. The van der Waals surface area contributed by atoms with Crippen molar-refractivity contribution in [2.24, 2.45) is 0 Å². The molecule has 0 heterocycles. The molecule has 0 saturated heterocycles. The molecule has 0 unspecified atom stereocenters. The van der Waals surface area contributed by atoms with Crippen molar-refractivity contribution in [1.29, 1.82) is 0 Å². The summed E-state index contributed by atoms with van der Waals surface area (Å²) in [5, 5.41) is 0. The van der Waals surface area contributed by atoms with Crippen molar-refractivity contribution in [2.75, 3.05) is 0 Å². The summed E-state index contributed by atoms with van der Waals surface area (Å²) in [5.74, 6) is 0. The lowest BCUT2D eigenvalue weighted by Crippen LogP contribution is -1.94. The average molecular weight is 459 g/mol. The van der Waals surface area contributed by atoms with E-state index in [1.807, 2.05) is 0 Å². The Kier molecular flexibility index (Phi) is 6.00. The van der Waals surface area contributed by atoms with Crippen LogP contribution in [0.2, 0.25) is 0 Å². The summed E-state index contributed by atoms with van der Waals surface area (Å²) in [6.07, 6.45) is 0. The first kappa shape index (κ1) is 21.8. The van der Waals surface area contributed by atoms with E-state index in [4.69, 9.17) is 0 Å². The van der Waals surface area contributed by atoms with Crippen molar-refractivity contribution in [2.45, 2.75) is 0 Å². The van der Waals surface area contributed by atoms with Crippen LogP contribution in [0.5, 0.6) is 0 Å². The molecule has 0 N–H and O–H groups in total. The Morgan fingerprint density at radius 1 is 0.194 bits per heavy atom. The van der Waals surface area contributed by atoms with Gasteiger partial charge in [-0.2, -0.15) is 0 Å². The van der Waals surface area contributed by atoms with Crippen LogP contribution in [-0.4, -0.2) is 0 Å². The fourth-order valence-electron chi connectivity index (χ4n) is 5.10. The molecule has 0 aliphatic heterocycles. The molecule has 36 heavy (non-hydrogen) atoms. The smallest absolute Gasteiger partial charge is 0.00266 e. The first-order valence-corrected chi connectivity index (χ1v) is 12.4. The van der Waals surface area contributed by atoms with E-state index in [0.717, 1.165) is 0 Å². The van der Waals surface area contributed by atoms with Gasteiger partial charge in [0, 0.05) is 0 Å². The Morgan fingerprint density at radius 2 is 0.472 bits per heavy atom. The SMILES string of the molecule is c1ccc(-c2cccc(-c3cccc(-c4ccccc4)c3-c3ccccc3)c2-c2ccccc2)cc1. The van der Waals surface area contributed by atoms with Gasteiger partial charge in [0.2, 0.25) is 0 Å². The van der Waals surface area contributed by atoms with Gasteiger partial charge in [-0.25, -0.2) is 0 Å². The van der Waals surface area contributed by atoms with Crippen molar-refractivity contribution < 1.29 is 0 Å². The molecule has 0 saturated carbocycles. The topological polar surface area (TPSA) is 0 Å². The molecule has 0 aliphatic rings. The fraction of sp³-hybridized carbons (Fsp3) is 0. The summed E-state index contributed by atoms with van der Waals surface area (Å²) in [6.45, 7) is 0. The monoisotopic (exact) mass is 458 g/mol. The number of benzene rings is 6. The number of rotatable bonds is 5. The highest BCUT2D eigenvalue weighted by Gasteiger charge is 2.19. The molecule has 0 spiro atoms. The Balaban J connectivity index is 1.70. The van der Waals surface area contributed by atoms with Gasteiger partial charge in [0.1, 0.15) is 0 Å². The molecular weight excluding hydrogens is 432 g/mol. The summed E-state index contributed by atoms with van der Waals surface area (Å²) in [4.78, 5) is 0. The predicted octanol–water partition coefficient (Wildman–Crippen LogP) is 10.0. The van der Waals surface area contributed by atoms with Gasteiger partial charge in [0.25, 0.3) is 0 Å². The summed E-state index contributed by atoms with van der Waals surface area (Å²) in [7, 11) is 0. The van der Waals surface area contributed by atoms with Crippen molar-refractivity contribution in [3.8, 4) is 55.6 Å². The van der Waals surface area contributed by atoms with E-state index in [0.29, 0.717) is 0 Å². The number of hydrogen-bond donors (Lipinski definition) is 0. The standard InChI is InChI=1S/C36H26/c1-5-15-27(16-6-1)31-23-13-25-33(35(31)29-19-9-3-10-20-29)34-26-14-24-32(28-17-7-2-8-18-28)36(34)30-21-11-4-12-22-30/h1-26H. The zero-order chi connectivity index (χ0) is 24.2. The van der Waals surface area contributed by atoms with Gasteiger partial charge in [-0.3, -0.25) is 0 Å². The van der Waals surface area contributed by atoms with E-state index in [2.05, 4.69) is 158 Å². The maximum absolute atomic E-state index is 2.27. The van der Waals surface area contributed by atoms with E-state index in [9.17, 15) is 0 Å². The molecule has 0 atom stereocenters. The highest BCUT2D eigenvalue weighted by molar-refractivity contribution is 6.01. The third-order valence-electron chi connectivity index (χ3n) is 6.71. The Labute approximate surface area is 213 Å². The molecule has 0 heteroatoms. The summed E-state index contributed by atoms with van der Waals surface area (Å²) in [5.41, 5.74) is 12.3. The van der Waals surface area contributed by atoms with Crippen molar-refractivity contribution in [3.63, 3.8) is 0 Å². The van der Waals surface area contributed by atoms with Gasteiger partial charge in [-0.15, -0.1) is 0 Å². The second-order valence-corrected chi connectivity index (χ2v) is 8.92. The number of hydrogen-bond acceptors (Lipinski definition) is 0. The minimum absolute atomic E-state index is 1.22. The second kappa shape index (κ2) is 9.90. The first-order chi connectivity index (χ1) is 17.9. The van der Waals surface area contributed by atoms with Crippen LogP contribution < -0.4 is 0 Å². The van der Waals surface area contributed by atoms with E-state index in [-0.39, 0.29) is 0 Å². The molecule has 0 bridgehead atoms. The average Bonchev–Trinajstić information content (AvgIpc) is 2.98. The van der Waals surface area contributed by atoms with Crippen LogP contribution in [-0.2, 0) is 0 Å². The van der Waals surface area contributed by atoms with Gasteiger partial charge < -0.3 is 0 Å². The Hall–Kier alpha value is -4.68. The molecule has 0 nitrogen and oxygen atoms in total. The van der Waals surface area contributed by atoms with Gasteiger partial charge in [0.05, 0.1) is 0 Å². The van der Waals surface area contributed by atoms with E-state index < -0.39 is 0 Å². The lowest BCUT2D eigenvalue weighted by molar-refractivity contribution is 1.54. The minimum Gasteiger partial charge on any atom is -0.0622 e. The normalized spacial score (nSPS) is 10.8. The first-order valence-electron chi connectivity index (χ1n) is 12.4. The Bertz CT molecular complexity index is 1460. The molecule has 6 aromatic carbocycles. The Morgan fingerprint density at radius 3 is 0.806 bits per heavy atom. The fourth-order valence-corrected chi connectivity index (χ4v) is 5.10. The molecule has 6 aromatic rings. The van der Waals surface area contributed by atoms with Crippen molar-refractivity contribution in [1.82, 2.24) is 0 Å². The van der Waals surface area contributed by atoms with Crippen molar-refractivity contribution >= 4 is 0 Å². The van der Waals surface area contributed by atoms with Crippen molar-refractivity contribution in [3.05, 3.63) is 158 Å². The maximum Gasteiger partial charge on any atom is -0.00266 e. The van der Waals surface area contributed by atoms with E-state index in [1.54, 1.807) is 0 Å². The summed E-state index contributed by atoms with van der Waals surface area (Å²) in [6, 6.07) is 56.3. The van der Waals surface area contributed by atoms with Gasteiger partial charge in [0.15, 0.2) is 0 Å². The largest absolute Gasteiger partial charge is 0.0622 e. The minimum atomic E-state index is 1.22. The third kappa shape index (κ3) is 4.15. The molecular formula is C36H26. The van der Waals surface area contributed by atoms with Crippen LogP contribution in [0.3, 0.4) is 0 Å². The van der Waals surface area contributed by atoms with Crippen LogP contribution in [0.25, 0.3) is 55.6 Å². The van der Waals surface area contributed by atoms with Crippen LogP contribution in [0.4, 0.5) is 0 Å². The zero-order valence-electron chi connectivity index (χ0n) is 20.0. The van der Waals surface area contributed by atoms with Gasteiger partial charge in [-0.1, -0.05) is 158 Å². The molecule has 0 radical (unpaired) electrons. The van der Waals surface area contributed by atoms with E-state index >= 15 is 0 Å². The molecule has 0 aliphatic carbocycles. The lowest BCUT2D eigenvalue weighted by atomic mass is 9.82. The molecule has 6 rings (SSSR count). The van der Waals surface area contributed by atoms with E-state index in [1.165, 1.54) is 55.6 Å². The third-order valence-corrected chi connectivity index (χ3v) is 6.71. The quantitative estimate of drug-likeness (QED) is 0.241. The second-order valence-electron chi connectivity index (χ2n) is 8.92. The van der Waals surface area contributed by atoms with Crippen LogP contribution in [0.1, 0.15) is 0 Å². The summed E-state index contributed by atoms with van der Waals surface area (Å²) >= 11 is 0. The summed E-state index contributed by atoms with van der Waals surface area (Å²) < 4.78 is 0. The molecule has 0 amide bonds. The van der Waals surface area contributed by atoms with Crippen LogP contribution >= 0.6 is 0 Å². The predicted molar refractivity (Wildman–Crippen MR) is 154 cm³/mol. The highest BCUT2D eigenvalue weighted by atomic mass is 14.2. The maximum atomic E-state index is 2.27. The molecule has 0 fully saturated rings. The molecule has 170 valence electrons. The van der Waals surface area contributed by atoms with Gasteiger partial charge >= 0.3 is 0 Å². The lowest BCUT2D eigenvalue weighted by Gasteiger charge is -2.21. The van der Waals surface area contributed by atoms with Crippen LogP contribution in [0.15, 0.2) is 158 Å².